The molecule has 0 bridgehead atoms. The molecule has 0 saturated carbocycles. The van der Waals surface area contributed by atoms with Gasteiger partial charge in [0.2, 0.25) is 0 Å². The minimum absolute atomic E-state index is 0.209. The first-order chi connectivity index (χ1) is 16.1. The topological polar surface area (TPSA) is 104 Å². The van der Waals surface area contributed by atoms with Crippen molar-refractivity contribution < 1.29 is 19.1 Å². The number of rotatable bonds is 8. The van der Waals surface area contributed by atoms with E-state index in [2.05, 4.69) is 36.5 Å². The zero-order valence-electron chi connectivity index (χ0n) is 20.5. The summed E-state index contributed by atoms with van der Waals surface area (Å²) < 4.78 is 11.0. The number of nitrogens with two attached hydrogens (primary N) is 1. The first-order valence-electron chi connectivity index (χ1n) is 11.5. The number of hydrogen-bond acceptors (Lipinski definition) is 5. The molecule has 3 N–H and O–H groups in total. The van der Waals surface area contributed by atoms with Crippen LogP contribution in [0.2, 0.25) is 0 Å². The van der Waals surface area contributed by atoms with Crippen LogP contribution in [0.1, 0.15) is 50.9 Å². The lowest BCUT2D eigenvalue weighted by Gasteiger charge is -2.22. The molecule has 0 aliphatic carbocycles. The van der Waals surface area contributed by atoms with Gasteiger partial charge < -0.3 is 20.5 Å². The molecule has 7 heteroatoms. The van der Waals surface area contributed by atoms with E-state index in [1.165, 1.54) is 0 Å². The van der Waals surface area contributed by atoms with E-state index in [0.717, 1.165) is 51.7 Å². The van der Waals surface area contributed by atoms with Crippen molar-refractivity contribution in [3.05, 3.63) is 59.3 Å². The molecule has 3 rings (SSSR count). The Morgan fingerprint density at radius 3 is 2.41 bits per heavy atom. The van der Waals surface area contributed by atoms with E-state index in [-0.39, 0.29) is 13.2 Å². The van der Waals surface area contributed by atoms with Gasteiger partial charge in [0, 0.05) is 23.2 Å². The number of nitrogens with zero attached hydrogens (tertiary/aromatic N) is 1. The summed E-state index contributed by atoms with van der Waals surface area (Å²) in [7, 11) is 0. The molecule has 0 aliphatic rings. The minimum Gasteiger partial charge on any atom is -0.484 e. The Hall–Kier alpha value is -3.61. The first-order valence-corrected chi connectivity index (χ1v) is 11.5. The highest BCUT2D eigenvalue weighted by molar-refractivity contribution is 5.97. The number of nitrogens with one attached hydrogen (secondary N) is 1. The Balaban J connectivity index is 2.17. The normalized spacial score (nSPS) is 11.3. The standard InChI is InChI=1S/C27H33N3O4/c1-6-7-22-21(15-29-26(32)34-27(3,4)5)25(18-10-8-17(2)9-11-18)20-14-19(33-16-24(28)31)12-13-23(20)30-22/h8-14H,6-7,15-16H2,1-5H3,(H2,28,31)(H,29,32). The molecule has 0 atom stereocenters. The van der Waals surface area contributed by atoms with Crippen LogP contribution in [0.25, 0.3) is 22.0 Å². The zero-order valence-corrected chi connectivity index (χ0v) is 20.5. The largest absolute Gasteiger partial charge is 0.484 e. The Bertz CT molecular complexity index is 1180. The van der Waals surface area contributed by atoms with Gasteiger partial charge in [0.05, 0.1) is 5.52 Å². The fourth-order valence-corrected chi connectivity index (χ4v) is 3.74. The van der Waals surface area contributed by atoms with E-state index in [1.54, 1.807) is 6.07 Å². The van der Waals surface area contributed by atoms with Crippen LogP contribution >= 0.6 is 0 Å². The van der Waals surface area contributed by atoms with E-state index < -0.39 is 17.6 Å². The van der Waals surface area contributed by atoms with Crippen molar-refractivity contribution in [2.45, 2.75) is 59.6 Å². The summed E-state index contributed by atoms with van der Waals surface area (Å²) >= 11 is 0. The molecule has 0 radical (unpaired) electrons. The van der Waals surface area contributed by atoms with Crippen molar-refractivity contribution in [1.29, 1.82) is 0 Å². The summed E-state index contributed by atoms with van der Waals surface area (Å²) in [6.07, 6.45) is 1.19. The van der Waals surface area contributed by atoms with Gasteiger partial charge in [0.25, 0.3) is 5.91 Å². The molecule has 0 spiro atoms. The van der Waals surface area contributed by atoms with Crippen LogP contribution < -0.4 is 15.8 Å². The molecular weight excluding hydrogens is 430 g/mol. The third kappa shape index (κ3) is 6.47. The van der Waals surface area contributed by atoms with Gasteiger partial charge in [-0.15, -0.1) is 0 Å². The first kappa shape index (κ1) is 25.0. The number of fused-ring (bicyclic) bond motifs is 1. The highest BCUT2D eigenvalue weighted by Gasteiger charge is 2.20. The van der Waals surface area contributed by atoms with Crippen molar-refractivity contribution in [1.82, 2.24) is 10.3 Å². The highest BCUT2D eigenvalue weighted by Crippen LogP contribution is 2.36. The van der Waals surface area contributed by atoms with Gasteiger partial charge in [-0.1, -0.05) is 43.2 Å². The molecule has 34 heavy (non-hydrogen) atoms. The van der Waals surface area contributed by atoms with Crippen LogP contribution in [-0.2, 0) is 22.5 Å². The van der Waals surface area contributed by atoms with Crippen LogP contribution in [0, 0.1) is 6.92 Å². The summed E-state index contributed by atoms with van der Waals surface area (Å²) in [4.78, 5) is 28.6. The molecule has 1 aromatic heterocycles. The molecule has 0 saturated heterocycles. The van der Waals surface area contributed by atoms with Crippen LogP contribution in [0.5, 0.6) is 5.75 Å². The molecule has 3 aromatic rings. The second-order valence-electron chi connectivity index (χ2n) is 9.32. The predicted molar refractivity (Wildman–Crippen MR) is 134 cm³/mol. The van der Waals surface area contributed by atoms with Crippen LogP contribution in [0.3, 0.4) is 0 Å². The number of hydrogen-bond donors (Lipinski definition) is 2. The van der Waals surface area contributed by atoms with Crippen LogP contribution in [0.4, 0.5) is 4.79 Å². The Morgan fingerprint density at radius 1 is 1.09 bits per heavy atom. The van der Waals surface area contributed by atoms with Gasteiger partial charge in [-0.05, 0) is 63.4 Å². The second-order valence-corrected chi connectivity index (χ2v) is 9.32. The van der Waals surface area contributed by atoms with E-state index >= 15 is 0 Å². The fraction of sp³-hybridized carbons (Fsp3) is 0.370. The summed E-state index contributed by atoms with van der Waals surface area (Å²) in [5, 5.41) is 3.77. The number of alkyl carbamates (subject to hydrolysis) is 1. The van der Waals surface area contributed by atoms with Gasteiger partial charge in [-0.25, -0.2) is 4.79 Å². The quantitative estimate of drug-likeness (QED) is 0.486. The number of primary amides is 1. The van der Waals surface area contributed by atoms with Gasteiger partial charge in [-0.3, -0.25) is 9.78 Å². The minimum atomic E-state index is -0.593. The van der Waals surface area contributed by atoms with E-state index in [1.807, 2.05) is 39.8 Å². The lowest BCUT2D eigenvalue weighted by atomic mass is 9.92. The van der Waals surface area contributed by atoms with E-state index in [4.69, 9.17) is 20.2 Å². The van der Waals surface area contributed by atoms with Crippen molar-refractivity contribution in [2.24, 2.45) is 5.73 Å². The fourth-order valence-electron chi connectivity index (χ4n) is 3.74. The summed E-state index contributed by atoms with van der Waals surface area (Å²) in [6, 6.07) is 13.8. The van der Waals surface area contributed by atoms with Crippen molar-refractivity contribution in [2.75, 3.05) is 6.61 Å². The summed E-state index contributed by atoms with van der Waals surface area (Å²) in [5.74, 6) is -0.0201. The van der Waals surface area contributed by atoms with Crippen LogP contribution in [-0.4, -0.2) is 29.2 Å². The van der Waals surface area contributed by atoms with Crippen LogP contribution in [0.15, 0.2) is 42.5 Å². The molecule has 2 aromatic carbocycles. The molecule has 0 unspecified atom stereocenters. The average molecular weight is 464 g/mol. The second kappa shape index (κ2) is 10.5. The predicted octanol–water partition coefficient (Wildman–Crippen LogP) is 5.05. The number of benzene rings is 2. The van der Waals surface area contributed by atoms with Gasteiger partial charge in [0.1, 0.15) is 11.4 Å². The number of carbonyl (C=O) groups is 2. The third-order valence-corrected chi connectivity index (χ3v) is 5.16. The Labute approximate surface area is 200 Å². The summed E-state index contributed by atoms with van der Waals surface area (Å²) in [5.41, 5.74) is 10.4. The number of amides is 2. The summed E-state index contributed by atoms with van der Waals surface area (Å²) in [6.45, 7) is 9.69. The number of pyridine rings is 1. The van der Waals surface area contributed by atoms with Crippen molar-refractivity contribution >= 4 is 22.9 Å². The molecule has 180 valence electrons. The highest BCUT2D eigenvalue weighted by atomic mass is 16.6. The molecular formula is C27H33N3O4. The lowest BCUT2D eigenvalue weighted by Crippen LogP contribution is -2.32. The Morgan fingerprint density at radius 2 is 1.79 bits per heavy atom. The number of aromatic nitrogens is 1. The van der Waals surface area contributed by atoms with Crippen molar-refractivity contribution in [3.8, 4) is 16.9 Å². The lowest BCUT2D eigenvalue weighted by molar-refractivity contribution is -0.119. The van der Waals surface area contributed by atoms with E-state index in [0.29, 0.717) is 5.75 Å². The molecule has 1 heterocycles. The zero-order chi connectivity index (χ0) is 24.9. The maximum atomic E-state index is 12.4. The van der Waals surface area contributed by atoms with Gasteiger partial charge >= 0.3 is 6.09 Å². The Kier molecular flexibility index (Phi) is 7.76. The van der Waals surface area contributed by atoms with Crippen molar-refractivity contribution in [3.63, 3.8) is 0 Å². The smallest absolute Gasteiger partial charge is 0.407 e. The molecule has 7 nitrogen and oxygen atoms in total. The van der Waals surface area contributed by atoms with E-state index in [9.17, 15) is 9.59 Å². The molecule has 0 aliphatic heterocycles. The number of carbonyl (C=O) groups excluding carboxylic acids is 2. The molecule has 2 amide bonds. The SMILES string of the molecule is CCCc1nc2ccc(OCC(N)=O)cc2c(-c2ccc(C)cc2)c1CNC(=O)OC(C)(C)C. The third-order valence-electron chi connectivity index (χ3n) is 5.16. The molecule has 0 fully saturated rings. The van der Waals surface area contributed by atoms with Gasteiger partial charge in [0.15, 0.2) is 6.61 Å². The monoisotopic (exact) mass is 463 g/mol. The maximum absolute atomic E-state index is 12.4. The van der Waals surface area contributed by atoms with Gasteiger partial charge in [-0.2, -0.15) is 0 Å². The maximum Gasteiger partial charge on any atom is 0.407 e. The average Bonchev–Trinajstić information content (AvgIpc) is 2.75. The number of ether oxygens (including phenoxy) is 2. The number of aryl methyl sites for hydroxylation is 2.